The first kappa shape index (κ1) is 13.3. The molecule has 0 bridgehead atoms. The fourth-order valence-corrected chi connectivity index (χ4v) is 2.51. The molecule has 18 heavy (non-hydrogen) atoms. The predicted molar refractivity (Wildman–Crippen MR) is 78.2 cm³/mol. The van der Waals surface area contributed by atoms with Crippen molar-refractivity contribution in [2.75, 3.05) is 0 Å². The van der Waals surface area contributed by atoms with Crippen molar-refractivity contribution in [2.45, 2.75) is 12.8 Å². The van der Waals surface area contributed by atoms with E-state index in [0.29, 0.717) is 17.9 Å². The molecule has 0 N–H and O–H groups in total. The van der Waals surface area contributed by atoms with Crippen molar-refractivity contribution in [3.05, 3.63) is 69.2 Å². The highest BCUT2D eigenvalue weighted by Crippen LogP contribution is 2.22. The molecule has 0 saturated heterocycles. The van der Waals surface area contributed by atoms with Gasteiger partial charge in [-0.1, -0.05) is 63.9 Å². The Kier molecular flexibility index (Phi) is 4.56. The first-order valence-electron chi connectivity index (χ1n) is 5.69. The van der Waals surface area contributed by atoms with Crippen LogP contribution in [0.15, 0.2) is 53.0 Å². The van der Waals surface area contributed by atoms with Crippen molar-refractivity contribution < 1.29 is 4.79 Å². The maximum Gasteiger partial charge on any atom is 0.163 e. The van der Waals surface area contributed by atoms with Crippen LogP contribution in [0.3, 0.4) is 0 Å². The molecule has 3 heteroatoms. The number of hydrogen-bond acceptors (Lipinski definition) is 1. The fourth-order valence-electron chi connectivity index (χ4n) is 1.74. The molecular weight excluding hydrogens is 312 g/mol. The SMILES string of the molecule is O=C(CCc1ccc(Br)cc1Cl)c1ccccc1. The largest absolute Gasteiger partial charge is 0.294 e. The van der Waals surface area contributed by atoms with Crippen LogP contribution < -0.4 is 0 Å². The molecule has 0 aliphatic rings. The number of Topliss-reactive ketones (excluding diaryl/α,β-unsaturated/α-hetero) is 1. The molecule has 2 rings (SSSR count). The van der Waals surface area contributed by atoms with Gasteiger partial charge in [0, 0.05) is 21.5 Å². The molecule has 0 heterocycles. The number of ketones is 1. The molecule has 0 aliphatic carbocycles. The van der Waals surface area contributed by atoms with E-state index in [1.165, 1.54) is 0 Å². The summed E-state index contributed by atoms with van der Waals surface area (Å²) in [6.45, 7) is 0. The Hall–Kier alpha value is -1.12. The van der Waals surface area contributed by atoms with Crippen molar-refractivity contribution in [3.63, 3.8) is 0 Å². The van der Waals surface area contributed by atoms with Crippen LogP contribution >= 0.6 is 27.5 Å². The normalized spacial score (nSPS) is 10.3. The van der Waals surface area contributed by atoms with Crippen LogP contribution in [0.25, 0.3) is 0 Å². The van der Waals surface area contributed by atoms with Crippen molar-refractivity contribution in [1.29, 1.82) is 0 Å². The minimum absolute atomic E-state index is 0.148. The molecule has 0 fully saturated rings. The number of rotatable bonds is 4. The molecule has 92 valence electrons. The van der Waals surface area contributed by atoms with Crippen molar-refractivity contribution in [2.24, 2.45) is 0 Å². The Balaban J connectivity index is 2.02. The summed E-state index contributed by atoms with van der Waals surface area (Å²) in [5.41, 5.74) is 1.76. The van der Waals surface area contributed by atoms with Gasteiger partial charge in [0.15, 0.2) is 5.78 Å². The third-order valence-electron chi connectivity index (χ3n) is 2.73. The molecule has 0 saturated carbocycles. The minimum Gasteiger partial charge on any atom is -0.294 e. The van der Waals surface area contributed by atoms with Gasteiger partial charge >= 0.3 is 0 Å². The van der Waals surface area contributed by atoms with Gasteiger partial charge in [-0.05, 0) is 24.1 Å². The maximum absolute atomic E-state index is 11.9. The maximum atomic E-state index is 11.9. The second kappa shape index (κ2) is 6.17. The van der Waals surface area contributed by atoms with Gasteiger partial charge in [0.05, 0.1) is 0 Å². The first-order valence-corrected chi connectivity index (χ1v) is 6.86. The molecule has 0 spiro atoms. The van der Waals surface area contributed by atoms with Gasteiger partial charge in [-0.2, -0.15) is 0 Å². The summed E-state index contributed by atoms with van der Waals surface area (Å²) >= 11 is 9.48. The zero-order valence-corrected chi connectivity index (χ0v) is 12.0. The number of hydrogen-bond donors (Lipinski definition) is 0. The summed E-state index contributed by atoms with van der Waals surface area (Å²) in [5, 5.41) is 0.699. The van der Waals surface area contributed by atoms with E-state index >= 15 is 0 Å². The lowest BCUT2D eigenvalue weighted by atomic mass is 10.0. The third-order valence-corrected chi connectivity index (χ3v) is 3.58. The Morgan fingerprint density at radius 2 is 1.83 bits per heavy atom. The number of benzene rings is 2. The van der Waals surface area contributed by atoms with Gasteiger partial charge in [-0.3, -0.25) is 4.79 Å². The molecule has 0 aliphatic heterocycles. The van der Waals surface area contributed by atoms with Crippen LogP contribution in [-0.4, -0.2) is 5.78 Å². The predicted octanol–water partition coefficient (Wildman–Crippen LogP) is 4.92. The molecule has 2 aromatic rings. The topological polar surface area (TPSA) is 17.1 Å². The van der Waals surface area contributed by atoms with Crippen LogP contribution in [0.2, 0.25) is 5.02 Å². The number of halogens is 2. The number of carbonyl (C=O) groups is 1. The van der Waals surface area contributed by atoms with Gasteiger partial charge in [0.25, 0.3) is 0 Å². The lowest BCUT2D eigenvalue weighted by Gasteiger charge is -2.04. The Morgan fingerprint density at radius 3 is 2.50 bits per heavy atom. The lowest BCUT2D eigenvalue weighted by Crippen LogP contribution is -2.01. The first-order chi connectivity index (χ1) is 8.66. The van der Waals surface area contributed by atoms with Crippen LogP contribution in [0.5, 0.6) is 0 Å². The van der Waals surface area contributed by atoms with Crippen LogP contribution in [0.1, 0.15) is 22.3 Å². The highest BCUT2D eigenvalue weighted by atomic mass is 79.9. The fraction of sp³-hybridized carbons (Fsp3) is 0.133. The second-order valence-electron chi connectivity index (χ2n) is 4.02. The summed E-state index contributed by atoms with van der Waals surface area (Å²) in [5.74, 6) is 0.148. The minimum atomic E-state index is 0.148. The highest BCUT2D eigenvalue weighted by molar-refractivity contribution is 9.10. The molecule has 0 aromatic heterocycles. The average Bonchev–Trinajstić information content (AvgIpc) is 2.38. The smallest absolute Gasteiger partial charge is 0.163 e. The number of carbonyl (C=O) groups excluding carboxylic acids is 1. The van der Waals surface area contributed by atoms with Gasteiger partial charge in [-0.15, -0.1) is 0 Å². The molecule has 1 nitrogen and oxygen atoms in total. The Labute approximate surface area is 120 Å². The van der Waals surface area contributed by atoms with E-state index < -0.39 is 0 Å². The van der Waals surface area contributed by atoms with Gasteiger partial charge in [-0.25, -0.2) is 0 Å². The van der Waals surface area contributed by atoms with Crippen molar-refractivity contribution >= 4 is 33.3 Å². The van der Waals surface area contributed by atoms with E-state index in [1.54, 1.807) is 0 Å². The molecule has 0 unspecified atom stereocenters. The zero-order valence-electron chi connectivity index (χ0n) is 9.70. The molecule has 0 radical (unpaired) electrons. The molecule has 0 atom stereocenters. The van der Waals surface area contributed by atoms with Crippen molar-refractivity contribution in [3.8, 4) is 0 Å². The monoisotopic (exact) mass is 322 g/mol. The summed E-state index contributed by atoms with van der Waals surface area (Å²) in [6.07, 6.45) is 1.14. The summed E-state index contributed by atoms with van der Waals surface area (Å²) < 4.78 is 0.950. The molecule has 2 aromatic carbocycles. The molecule has 0 amide bonds. The van der Waals surface area contributed by atoms with Crippen LogP contribution in [-0.2, 0) is 6.42 Å². The second-order valence-corrected chi connectivity index (χ2v) is 5.35. The van der Waals surface area contributed by atoms with E-state index in [4.69, 9.17) is 11.6 Å². The van der Waals surface area contributed by atoms with E-state index in [2.05, 4.69) is 15.9 Å². The van der Waals surface area contributed by atoms with Gasteiger partial charge < -0.3 is 0 Å². The van der Waals surface area contributed by atoms with Crippen molar-refractivity contribution in [1.82, 2.24) is 0 Å². The summed E-state index contributed by atoms with van der Waals surface area (Å²) in [6, 6.07) is 15.1. The van der Waals surface area contributed by atoms with Gasteiger partial charge in [0.1, 0.15) is 0 Å². The highest BCUT2D eigenvalue weighted by Gasteiger charge is 2.07. The van der Waals surface area contributed by atoms with Crippen LogP contribution in [0.4, 0.5) is 0 Å². The van der Waals surface area contributed by atoms with E-state index in [-0.39, 0.29) is 5.78 Å². The standard InChI is InChI=1S/C15H12BrClO/c16-13-8-6-11(14(17)10-13)7-9-15(18)12-4-2-1-3-5-12/h1-6,8,10H,7,9H2. The lowest BCUT2D eigenvalue weighted by molar-refractivity contribution is 0.0983. The summed E-state index contributed by atoms with van der Waals surface area (Å²) in [4.78, 5) is 11.9. The van der Waals surface area contributed by atoms with Gasteiger partial charge in [0.2, 0.25) is 0 Å². The van der Waals surface area contributed by atoms with E-state index in [9.17, 15) is 4.79 Å². The number of aryl methyl sites for hydroxylation is 1. The Bertz CT molecular complexity index is 552. The zero-order chi connectivity index (χ0) is 13.0. The van der Waals surface area contributed by atoms with E-state index in [0.717, 1.165) is 15.6 Å². The average molecular weight is 324 g/mol. The quantitative estimate of drug-likeness (QED) is 0.730. The van der Waals surface area contributed by atoms with Crippen LogP contribution in [0, 0.1) is 0 Å². The third kappa shape index (κ3) is 3.44. The molecular formula is C15H12BrClO. The van der Waals surface area contributed by atoms with E-state index in [1.807, 2.05) is 48.5 Å². The summed E-state index contributed by atoms with van der Waals surface area (Å²) in [7, 11) is 0. The Morgan fingerprint density at radius 1 is 1.11 bits per heavy atom.